The summed E-state index contributed by atoms with van der Waals surface area (Å²) in [5.41, 5.74) is 2.36. The van der Waals surface area contributed by atoms with E-state index in [1.165, 1.54) is 50.3 Å². The lowest BCUT2D eigenvalue weighted by atomic mass is 10.1. The Morgan fingerprint density at radius 1 is 1.27 bits per heavy atom. The summed E-state index contributed by atoms with van der Waals surface area (Å²) in [4.78, 5) is 14.5. The first-order valence-corrected chi connectivity index (χ1v) is 8.68. The van der Waals surface area contributed by atoms with E-state index in [-0.39, 0.29) is 5.91 Å². The van der Waals surface area contributed by atoms with E-state index in [1.54, 1.807) is 0 Å². The van der Waals surface area contributed by atoms with Crippen molar-refractivity contribution in [3.8, 4) is 0 Å². The van der Waals surface area contributed by atoms with Crippen LogP contribution in [0, 0.1) is 0 Å². The maximum atomic E-state index is 12.3. The van der Waals surface area contributed by atoms with Gasteiger partial charge in [-0.05, 0) is 32.0 Å². The number of hydrogen-bond acceptors (Lipinski definition) is 5. The maximum Gasteiger partial charge on any atom is 0.238 e. The van der Waals surface area contributed by atoms with Crippen molar-refractivity contribution >= 4 is 34.4 Å². The monoisotopic (exact) mass is 318 g/mol. The number of fused-ring (bicyclic) bond motifs is 1. The highest BCUT2D eigenvalue weighted by molar-refractivity contribution is 7.00. The molecule has 5 nitrogen and oxygen atoms in total. The molecule has 1 fully saturated rings. The van der Waals surface area contributed by atoms with E-state index in [4.69, 9.17) is 0 Å². The Bertz CT molecular complexity index is 634. The van der Waals surface area contributed by atoms with E-state index in [2.05, 4.69) is 26.0 Å². The molecule has 1 aromatic heterocycles. The minimum Gasteiger partial charge on any atom is -0.323 e. The van der Waals surface area contributed by atoms with Gasteiger partial charge in [-0.1, -0.05) is 31.7 Å². The van der Waals surface area contributed by atoms with Crippen LogP contribution in [0.2, 0.25) is 0 Å². The summed E-state index contributed by atoms with van der Waals surface area (Å²) in [6.07, 6.45) is 7.62. The van der Waals surface area contributed by atoms with E-state index >= 15 is 0 Å². The number of hydrogen-bond donors (Lipinski definition) is 1. The lowest BCUT2D eigenvalue weighted by molar-refractivity contribution is -0.117. The quantitative estimate of drug-likeness (QED) is 0.879. The van der Waals surface area contributed by atoms with Crippen LogP contribution in [0.25, 0.3) is 11.0 Å². The summed E-state index contributed by atoms with van der Waals surface area (Å²) in [6.45, 7) is 0.429. The van der Waals surface area contributed by atoms with Crippen LogP contribution in [0.15, 0.2) is 18.2 Å². The van der Waals surface area contributed by atoms with Gasteiger partial charge in [0.1, 0.15) is 11.0 Å². The van der Waals surface area contributed by atoms with Gasteiger partial charge in [-0.25, -0.2) is 0 Å². The van der Waals surface area contributed by atoms with Crippen molar-refractivity contribution in [2.75, 3.05) is 18.9 Å². The third kappa shape index (κ3) is 3.62. The number of likely N-dealkylation sites (N-methyl/N-ethyl adjacent to an activating group) is 1. The van der Waals surface area contributed by atoms with Gasteiger partial charge >= 0.3 is 0 Å². The van der Waals surface area contributed by atoms with Crippen LogP contribution < -0.4 is 5.32 Å². The molecule has 0 aliphatic heterocycles. The zero-order chi connectivity index (χ0) is 15.4. The number of benzene rings is 1. The smallest absolute Gasteiger partial charge is 0.238 e. The predicted molar refractivity (Wildman–Crippen MR) is 90.2 cm³/mol. The molecule has 3 rings (SSSR count). The average Bonchev–Trinajstić information content (AvgIpc) is 2.81. The maximum absolute atomic E-state index is 12.3. The van der Waals surface area contributed by atoms with Gasteiger partial charge in [-0.15, -0.1) is 0 Å². The molecule has 2 aromatic rings. The first-order valence-electron chi connectivity index (χ1n) is 7.95. The van der Waals surface area contributed by atoms with Gasteiger partial charge in [0.05, 0.1) is 24.0 Å². The molecular weight excluding hydrogens is 296 g/mol. The third-order valence-electron chi connectivity index (χ3n) is 4.40. The highest BCUT2D eigenvalue weighted by atomic mass is 32.1. The first-order chi connectivity index (χ1) is 10.7. The van der Waals surface area contributed by atoms with Gasteiger partial charge < -0.3 is 5.32 Å². The van der Waals surface area contributed by atoms with E-state index in [0.29, 0.717) is 12.6 Å². The standard InChI is InChI=1S/C16H22N4OS/c1-20(12-7-4-2-3-5-8-12)11-15(21)17-13-9-6-10-14-16(13)19-22-18-14/h6,9-10,12H,2-5,7-8,11H2,1H3,(H,17,21). The molecule has 0 saturated heterocycles. The summed E-state index contributed by atoms with van der Waals surface area (Å²) in [5, 5.41) is 2.98. The molecule has 118 valence electrons. The molecule has 1 amide bonds. The van der Waals surface area contributed by atoms with E-state index < -0.39 is 0 Å². The topological polar surface area (TPSA) is 58.1 Å². The Morgan fingerprint density at radius 2 is 2.05 bits per heavy atom. The Morgan fingerprint density at radius 3 is 2.82 bits per heavy atom. The Hall–Kier alpha value is -1.53. The molecule has 0 radical (unpaired) electrons. The van der Waals surface area contributed by atoms with Gasteiger partial charge in [0, 0.05) is 6.04 Å². The second-order valence-corrected chi connectivity index (χ2v) is 6.57. The summed E-state index contributed by atoms with van der Waals surface area (Å²) in [6, 6.07) is 6.22. The highest BCUT2D eigenvalue weighted by Crippen LogP contribution is 2.22. The van der Waals surface area contributed by atoms with Gasteiger partial charge in [0.2, 0.25) is 5.91 Å². The SMILES string of the molecule is CN(CC(=O)Nc1cccc2nsnc12)C1CCCCCC1. The van der Waals surface area contributed by atoms with Crippen LogP contribution in [0.1, 0.15) is 38.5 Å². The fourth-order valence-corrected chi connectivity index (χ4v) is 3.70. The lowest BCUT2D eigenvalue weighted by Crippen LogP contribution is -2.37. The summed E-state index contributed by atoms with van der Waals surface area (Å²) in [7, 11) is 2.06. The molecule has 1 saturated carbocycles. The second-order valence-electron chi connectivity index (χ2n) is 6.05. The molecule has 0 atom stereocenters. The highest BCUT2D eigenvalue weighted by Gasteiger charge is 2.19. The van der Waals surface area contributed by atoms with E-state index in [0.717, 1.165) is 16.7 Å². The minimum atomic E-state index is 0.0206. The normalized spacial score (nSPS) is 16.8. The van der Waals surface area contributed by atoms with Crippen molar-refractivity contribution in [1.29, 1.82) is 0 Å². The third-order valence-corrected chi connectivity index (χ3v) is 4.94. The summed E-state index contributed by atoms with van der Waals surface area (Å²) < 4.78 is 8.46. The van der Waals surface area contributed by atoms with Crippen molar-refractivity contribution in [3.63, 3.8) is 0 Å². The van der Waals surface area contributed by atoms with Crippen LogP contribution >= 0.6 is 11.7 Å². The molecule has 1 aliphatic carbocycles. The molecule has 0 spiro atoms. The number of carbonyl (C=O) groups excluding carboxylic acids is 1. The minimum absolute atomic E-state index is 0.0206. The van der Waals surface area contributed by atoms with Crippen LogP contribution in [-0.2, 0) is 4.79 Å². The van der Waals surface area contributed by atoms with Gasteiger partial charge in [-0.3, -0.25) is 9.69 Å². The average molecular weight is 318 g/mol. The zero-order valence-electron chi connectivity index (χ0n) is 12.9. The molecule has 6 heteroatoms. The van der Waals surface area contributed by atoms with Crippen LogP contribution in [0.5, 0.6) is 0 Å². The van der Waals surface area contributed by atoms with Crippen molar-refractivity contribution in [2.24, 2.45) is 0 Å². The molecule has 1 aromatic carbocycles. The van der Waals surface area contributed by atoms with Gasteiger partial charge in [0.15, 0.2) is 0 Å². The molecule has 1 heterocycles. The Labute approximate surface area is 135 Å². The number of anilines is 1. The number of amides is 1. The molecule has 22 heavy (non-hydrogen) atoms. The molecule has 1 N–H and O–H groups in total. The fraction of sp³-hybridized carbons (Fsp3) is 0.562. The van der Waals surface area contributed by atoms with Crippen molar-refractivity contribution < 1.29 is 4.79 Å². The first kappa shape index (κ1) is 15.4. The molecular formula is C16H22N4OS. The number of aromatic nitrogens is 2. The Kier molecular flexibility index (Phi) is 5.00. The number of nitrogens with zero attached hydrogens (tertiary/aromatic N) is 3. The van der Waals surface area contributed by atoms with Crippen molar-refractivity contribution in [3.05, 3.63) is 18.2 Å². The molecule has 0 unspecified atom stereocenters. The summed E-state index contributed by atoms with van der Waals surface area (Å²) in [5.74, 6) is 0.0206. The van der Waals surface area contributed by atoms with Crippen molar-refractivity contribution in [2.45, 2.75) is 44.6 Å². The van der Waals surface area contributed by atoms with Crippen LogP contribution in [-0.4, -0.2) is 39.2 Å². The van der Waals surface area contributed by atoms with Crippen LogP contribution in [0.4, 0.5) is 5.69 Å². The predicted octanol–water partition coefficient (Wildman–Crippen LogP) is 3.28. The lowest BCUT2D eigenvalue weighted by Gasteiger charge is -2.26. The summed E-state index contributed by atoms with van der Waals surface area (Å²) >= 11 is 1.17. The molecule has 0 bridgehead atoms. The zero-order valence-corrected chi connectivity index (χ0v) is 13.7. The van der Waals surface area contributed by atoms with E-state index in [1.807, 2.05) is 18.2 Å². The second kappa shape index (κ2) is 7.15. The van der Waals surface area contributed by atoms with Gasteiger partial charge in [-0.2, -0.15) is 8.75 Å². The number of carbonyl (C=O) groups is 1. The molecule has 1 aliphatic rings. The van der Waals surface area contributed by atoms with E-state index in [9.17, 15) is 4.79 Å². The van der Waals surface area contributed by atoms with Gasteiger partial charge in [0.25, 0.3) is 0 Å². The Balaban J connectivity index is 1.61. The van der Waals surface area contributed by atoms with Crippen molar-refractivity contribution in [1.82, 2.24) is 13.6 Å². The number of nitrogens with one attached hydrogen (secondary N) is 1. The van der Waals surface area contributed by atoms with Crippen LogP contribution in [0.3, 0.4) is 0 Å². The largest absolute Gasteiger partial charge is 0.323 e. The number of rotatable bonds is 4. The fourth-order valence-electron chi connectivity index (χ4n) is 3.15.